The first-order valence-corrected chi connectivity index (χ1v) is 8.71. The molecular formula is C18H26O9. The fourth-order valence-electron chi connectivity index (χ4n) is 3.02. The van der Waals surface area contributed by atoms with Gasteiger partial charge >= 0.3 is 0 Å². The highest BCUT2D eigenvalue weighted by Crippen LogP contribution is 2.43. The Morgan fingerprint density at radius 2 is 1.67 bits per heavy atom. The SMILES string of the molecule is CCCC(=O)c1c(O)c(C)c(O)c(C)c1O[C@@H]1O[C@H](CO)[C@@H](O)[C@H](O)[C@H]1O. The molecule has 0 amide bonds. The van der Waals surface area contributed by atoms with Gasteiger partial charge in [-0.15, -0.1) is 0 Å². The fourth-order valence-corrected chi connectivity index (χ4v) is 3.02. The number of aromatic hydroxyl groups is 2. The third kappa shape index (κ3) is 3.87. The topological polar surface area (TPSA) is 157 Å². The van der Waals surface area contributed by atoms with Crippen LogP contribution in [0.5, 0.6) is 17.2 Å². The molecule has 152 valence electrons. The maximum atomic E-state index is 12.5. The predicted octanol–water partition coefficient (Wildman–Crippen LogP) is -0.124. The zero-order chi connectivity index (χ0) is 20.5. The molecular weight excluding hydrogens is 360 g/mol. The van der Waals surface area contributed by atoms with Gasteiger partial charge in [0.05, 0.1) is 6.61 Å². The maximum absolute atomic E-state index is 12.5. The Morgan fingerprint density at radius 3 is 2.22 bits per heavy atom. The number of ether oxygens (including phenoxy) is 2. The molecule has 1 aromatic rings. The van der Waals surface area contributed by atoms with Gasteiger partial charge in [-0.3, -0.25) is 4.79 Å². The van der Waals surface area contributed by atoms with Crippen molar-refractivity contribution in [3.05, 3.63) is 16.7 Å². The number of hydrogen-bond donors (Lipinski definition) is 6. The van der Waals surface area contributed by atoms with Crippen molar-refractivity contribution in [2.24, 2.45) is 0 Å². The molecule has 2 rings (SSSR count). The molecule has 1 aromatic carbocycles. The number of carbonyl (C=O) groups is 1. The molecule has 1 aliphatic heterocycles. The highest BCUT2D eigenvalue weighted by molar-refractivity contribution is 6.02. The van der Waals surface area contributed by atoms with E-state index in [1.54, 1.807) is 6.92 Å². The number of aliphatic hydroxyl groups is 4. The molecule has 0 bridgehead atoms. The highest BCUT2D eigenvalue weighted by atomic mass is 16.7. The summed E-state index contributed by atoms with van der Waals surface area (Å²) < 4.78 is 10.9. The van der Waals surface area contributed by atoms with Crippen LogP contribution in [0, 0.1) is 13.8 Å². The first kappa shape index (κ1) is 21.4. The average Bonchev–Trinajstić information content (AvgIpc) is 2.64. The van der Waals surface area contributed by atoms with Crippen molar-refractivity contribution < 1.29 is 44.9 Å². The molecule has 0 saturated carbocycles. The van der Waals surface area contributed by atoms with Gasteiger partial charge in [-0.05, 0) is 20.3 Å². The normalized spacial score (nSPS) is 28.2. The molecule has 0 aromatic heterocycles. The van der Waals surface area contributed by atoms with E-state index in [1.807, 2.05) is 0 Å². The summed E-state index contributed by atoms with van der Waals surface area (Å²) in [6.45, 7) is 4.05. The van der Waals surface area contributed by atoms with E-state index in [1.165, 1.54) is 13.8 Å². The van der Waals surface area contributed by atoms with E-state index < -0.39 is 48.8 Å². The average molecular weight is 386 g/mol. The zero-order valence-electron chi connectivity index (χ0n) is 15.4. The molecule has 1 saturated heterocycles. The van der Waals surface area contributed by atoms with Gasteiger partial charge in [0, 0.05) is 17.5 Å². The Bertz CT molecular complexity index is 701. The van der Waals surface area contributed by atoms with Crippen LogP contribution >= 0.6 is 0 Å². The van der Waals surface area contributed by atoms with Crippen molar-refractivity contribution in [2.75, 3.05) is 6.61 Å². The molecule has 0 spiro atoms. The summed E-state index contributed by atoms with van der Waals surface area (Å²) in [7, 11) is 0. The van der Waals surface area contributed by atoms with Gasteiger partial charge in [-0.25, -0.2) is 0 Å². The van der Waals surface area contributed by atoms with Crippen LogP contribution in [-0.4, -0.2) is 73.7 Å². The van der Waals surface area contributed by atoms with E-state index >= 15 is 0 Å². The largest absolute Gasteiger partial charge is 0.507 e. The van der Waals surface area contributed by atoms with Crippen LogP contribution in [0.1, 0.15) is 41.3 Å². The Hall–Kier alpha value is -1.91. The molecule has 27 heavy (non-hydrogen) atoms. The Labute approximate surface area is 156 Å². The summed E-state index contributed by atoms with van der Waals surface area (Å²) in [6, 6.07) is 0. The summed E-state index contributed by atoms with van der Waals surface area (Å²) in [5.74, 6) is -1.37. The third-order valence-electron chi connectivity index (χ3n) is 4.71. The van der Waals surface area contributed by atoms with Gasteiger partial charge in [0.2, 0.25) is 6.29 Å². The molecule has 0 radical (unpaired) electrons. The molecule has 9 heteroatoms. The van der Waals surface area contributed by atoms with Crippen molar-refractivity contribution in [1.82, 2.24) is 0 Å². The van der Waals surface area contributed by atoms with Crippen molar-refractivity contribution in [1.29, 1.82) is 0 Å². The molecule has 6 N–H and O–H groups in total. The van der Waals surface area contributed by atoms with E-state index in [9.17, 15) is 35.4 Å². The minimum atomic E-state index is -1.69. The number of benzene rings is 1. The lowest BCUT2D eigenvalue weighted by atomic mass is 9.96. The third-order valence-corrected chi connectivity index (χ3v) is 4.71. The van der Waals surface area contributed by atoms with Gasteiger partial charge in [0.15, 0.2) is 5.78 Å². The standard InChI is InChI=1S/C18H26O9/c1-4-5-9(20)11-13(22)7(2)12(21)8(3)17(11)27-18-16(25)15(24)14(23)10(6-19)26-18/h10,14-16,18-19,21-25H,4-6H2,1-3H3/t10-,14-,15+,16-,18+/m1/s1. The molecule has 0 unspecified atom stereocenters. The number of phenols is 2. The number of ketones is 1. The second kappa shape index (κ2) is 8.41. The first-order chi connectivity index (χ1) is 12.6. The zero-order valence-corrected chi connectivity index (χ0v) is 15.4. The van der Waals surface area contributed by atoms with Gasteiger partial charge in [-0.1, -0.05) is 6.92 Å². The van der Waals surface area contributed by atoms with Crippen LogP contribution in [0.25, 0.3) is 0 Å². The van der Waals surface area contributed by atoms with E-state index in [0.29, 0.717) is 6.42 Å². The minimum Gasteiger partial charge on any atom is -0.507 e. The van der Waals surface area contributed by atoms with Gasteiger partial charge < -0.3 is 40.1 Å². The Morgan fingerprint density at radius 1 is 1.04 bits per heavy atom. The molecule has 9 nitrogen and oxygen atoms in total. The minimum absolute atomic E-state index is 0.105. The van der Waals surface area contributed by atoms with Crippen LogP contribution in [0.4, 0.5) is 0 Å². The quantitative estimate of drug-likeness (QED) is 0.367. The second-order valence-corrected chi connectivity index (χ2v) is 6.64. The summed E-state index contributed by atoms with van der Waals surface area (Å²) in [4.78, 5) is 12.5. The fraction of sp³-hybridized carbons (Fsp3) is 0.611. The van der Waals surface area contributed by atoms with Gasteiger partial charge in [0.1, 0.15) is 47.2 Å². The number of Topliss-reactive ketones (excluding diaryl/α,β-unsaturated/α-hetero) is 1. The van der Waals surface area contributed by atoms with E-state index in [4.69, 9.17) is 9.47 Å². The van der Waals surface area contributed by atoms with Crippen LogP contribution in [0.3, 0.4) is 0 Å². The Kier molecular flexibility index (Phi) is 6.66. The lowest BCUT2D eigenvalue weighted by Gasteiger charge is -2.40. The van der Waals surface area contributed by atoms with Gasteiger partial charge in [0.25, 0.3) is 0 Å². The van der Waals surface area contributed by atoms with Crippen molar-refractivity contribution >= 4 is 5.78 Å². The number of rotatable bonds is 6. The summed E-state index contributed by atoms with van der Waals surface area (Å²) in [5, 5.41) is 59.7. The molecule has 1 fully saturated rings. The highest BCUT2D eigenvalue weighted by Gasteiger charge is 2.45. The number of carbonyl (C=O) groups excluding carboxylic acids is 1. The van der Waals surface area contributed by atoms with Crippen LogP contribution in [0.2, 0.25) is 0 Å². The van der Waals surface area contributed by atoms with Crippen LogP contribution in [0.15, 0.2) is 0 Å². The van der Waals surface area contributed by atoms with Crippen molar-refractivity contribution in [2.45, 2.75) is 64.3 Å². The van der Waals surface area contributed by atoms with Crippen molar-refractivity contribution in [3.8, 4) is 17.2 Å². The monoisotopic (exact) mass is 386 g/mol. The van der Waals surface area contributed by atoms with Crippen molar-refractivity contribution in [3.63, 3.8) is 0 Å². The van der Waals surface area contributed by atoms with E-state index in [2.05, 4.69) is 0 Å². The molecule has 1 aliphatic rings. The predicted molar refractivity (Wildman–Crippen MR) is 92.9 cm³/mol. The lowest BCUT2D eigenvalue weighted by Crippen LogP contribution is -2.60. The van der Waals surface area contributed by atoms with Crippen LogP contribution < -0.4 is 4.74 Å². The molecule has 0 aliphatic carbocycles. The first-order valence-electron chi connectivity index (χ1n) is 8.71. The number of aliphatic hydroxyl groups excluding tert-OH is 4. The number of hydrogen-bond acceptors (Lipinski definition) is 9. The lowest BCUT2D eigenvalue weighted by molar-refractivity contribution is -0.277. The number of phenolic OH excluding ortho intramolecular Hbond substituents is 2. The summed E-state index contributed by atoms with van der Waals surface area (Å²) >= 11 is 0. The Balaban J connectivity index is 2.50. The van der Waals surface area contributed by atoms with Gasteiger partial charge in [-0.2, -0.15) is 0 Å². The second-order valence-electron chi connectivity index (χ2n) is 6.64. The maximum Gasteiger partial charge on any atom is 0.229 e. The van der Waals surface area contributed by atoms with E-state index in [-0.39, 0.29) is 34.6 Å². The summed E-state index contributed by atoms with van der Waals surface area (Å²) in [6.07, 6.45) is -7.04. The summed E-state index contributed by atoms with van der Waals surface area (Å²) in [5.41, 5.74) is 0.0800. The molecule has 1 heterocycles. The molecule has 5 atom stereocenters. The van der Waals surface area contributed by atoms with E-state index in [0.717, 1.165) is 0 Å². The van der Waals surface area contributed by atoms with Crippen LogP contribution in [-0.2, 0) is 4.74 Å². The smallest absolute Gasteiger partial charge is 0.229 e.